The van der Waals surface area contributed by atoms with Gasteiger partial charge in [-0.3, -0.25) is 9.59 Å². The van der Waals surface area contributed by atoms with Gasteiger partial charge in [0.25, 0.3) is 11.8 Å². The van der Waals surface area contributed by atoms with Gasteiger partial charge >= 0.3 is 6.03 Å². The molecule has 0 radical (unpaired) electrons. The van der Waals surface area contributed by atoms with Crippen LogP contribution in [0, 0.1) is 0 Å². The van der Waals surface area contributed by atoms with Crippen LogP contribution in [-0.4, -0.2) is 59.9 Å². The smallest absolute Gasteiger partial charge is 0.319 e. The predicted octanol–water partition coefficient (Wildman–Crippen LogP) is 3.94. The highest BCUT2D eigenvalue weighted by atomic mass is 16.2. The number of piperazine rings is 1. The van der Waals surface area contributed by atoms with E-state index in [4.69, 9.17) is 0 Å². The molecule has 2 aromatic carbocycles. The second-order valence-electron chi connectivity index (χ2n) is 8.66. The number of urea groups is 1. The number of para-hydroxylation sites is 1. The fraction of sp³-hybridized carbons (Fsp3) is 0.400. The Hall–Kier alpha value is -3.35. The molecule has 32 heavy (non-hydrogen) atoms. The summed E-state index contributed by atoms with van der Waals surface area (Å²) in [5, 5.41) is 5.52. The lowest BCUT2D eigenvalue weighted by atomic mass is 10.0. The summed E-state index contributed by atoms with van der Waals surface area (Å²) < 4.78 is 0. The molecule has 0 saturated carbocycles. The highest BCUT2D eigenvalue weighted by Crippen LogP contribution is 2.20. The Labute approximate surface area is 189 Å². The first-order chi connectivity index (χ1) is 15.3. The molecule has 0 unspecified atom stereocenters. The summed E-state index contributed by atoms with van der Waals surface area (Å²) in [6.45, 7) is 9.82. The second kappa shape index (κ2) is 10.3. The van der Waals surface area contributed by atoms with Gasteiger partial charge in [0.15, 0.2) is 0 Å². The standard InChI is InChI=1S/C25H32N4O3/c1-17(2)19-9-11-20(12-10-19)23(30)28-13-15-29(16-14-28)24(31)21-7-5-6-8-22(21)27-25(32)26-18(3)4/h5-12,17-18H,13-16H2,1-4H3,(H2,26,27,32). The number of amides is 4. The van der Waals surface area contributed by atoms with Crippen LogP contribution in [-0.2, 0) is 0 Å². The molecule has 3 rings (SSSR count). The lowest BCUT2D eigenvalue weighted by Crippen LogP contribution is -2.50. The summed E-state index contributed by atoms with van der Waals surface area (Å²) in [4.78, 5) is 41.6. The first-order valence-electron chi connectivity index (χ1n) is 11.1. The van der Waals surface area contributed by atoms with E-state index in [1.807, 2.05) is 38.1 Å². The fourth-order valence-corrected chi connectivity index (χ4v) is 3.68. The molecule has 2 aromatic rings. The summed E-state index contributed by atoms with van der Waals surface area (Å²) in [6, 6.07) is 14.4. The third kappa shape index (κ3) is 5.66. The SMILES string of the molecule is CC(C)NC(=O)Nc1ccccc1C(=O)N1CCN(C(=O)c2ccc(C(C)C)cc2)CC1. The molecule has 7 heteroatoms. The minimum absolute atomic E-state index is 0.00921. The number of anilines is 1. The molecule has 0 aliphatic carbocycles. The van der Waals surface area contributed by atoms with Gasteiger partial charge in [-0.25, -0.2) is 4.79 Å². The summed E-state index contributed by atoms with van der Waals surface area (Å²) in [6.07, 6.45) is 0. The molecule has 4 amide bonds. The molecule has 1 aliphatic rings. The van der Waals surface area contributed by atoms with Crippen molar-refractivity contribution < 1.29 is 14.4 Å². The Morgan fingerprint density at radius 1 is 0.781 bits per heavy atom. The van der Waals surface area contributed by atoms with Crippen LogP contribution in [0.4, 0.5) is 10.5 Å². The zero-order valence-corrected chi connectivity index (χ0v) is 19.2. The van der Waals surface area contributed by atoms with Crippen LogP contribution in [0.1, 0.15) is 59.9 Å². The van der Waals surface area contributed by atoms with E-state index in [9.17, 15) is 14.4 Å². The molecule has 1 fully saturated rings. The van der Waals surface area contributed by atoms with E-state index >= 15 is 0 Å². The number of carbonyl (C=O) groups excluding carboxylic acids is 3. The van der Waals surface area contributed by atoms with E-state index in [0.29, 0.717) is 48.9 Å². The van der Waals surface area contributed by atoms with E-state index < -0.39 is 0 Å². The maximum absolute atomic E-state index is 13.1. The second-order valence-corrected chi connectivity index (χ2v) is 8.66. The molecule has 0 aromatic heterocycles. The number of benzene rings is 2. The number of hydrogen-bond acceptors (Lipinski definition) is 3. The molecule has 1 aliphatic heterocycles. The van der Waals surface area contributed by atoms with Crippen molar-refractivity contribution in [2.24, 2.45) is 0 Å². The highest BCUT2D eigenvalue weighted by Gasteiger charge is 2.27. The van der Waals surface area contributed by atoms with E-state index in [1.165, 1.54) is 5.56 Å². The summed E-state index contributed by atoms with van der Waals surface area (Å²) in [7, 11) is 0. The highest BCUT2D eigenvalue weighted by molar-refractivity contribution is 6.03. The normalized spacial score (nSPS) is 13.9. The van der Waals surface area contributed by atoms with Crippen molar-refractivity contribution in [3.8, 4) is 0 Å². The van der Waals surface area contributed by atoms with E-state index in [0.717, 1.165) is 0 Å². The predicted molar refractivity (Wildman–Crippen MR) is 126 cm³/mol. The van der Waals surface area contributed by atoms with Gasteiger partial charge in [0.05, 0.1) is 11.3 Å². The van der Waals surface area contributed by atoms with Gasteiger partial charge in [-0.2, -0.15) is 0 Å². The van der Waals surface area contributed by atoms with Crippen LogP contribution >= 0.6 is 0 Å². The average Bonchev–Trinajstić information content (AvgIpc) is 2.78. The Morgan fingerprint density at radius 3 is 1.91 bits per heavy atom. The largest absolute Gasteiger partial charge is 0.336 e. The molecule has 7 nitrogen and oxygen atoms in total. The maximum Gasteiger partial charge on any atom is 0.319 e. The lowest BCUT2D eigenvalue weighted by Gasteiger charge is -2.35. The van der Waals surface area contributed by atoms with Crippen molar-refractivity contribution in [1.29, 1.82) is 0 Å². The molecule has 1 saturated heterocycles. The topological polar surface area (TPSA) is 81.8 Å². The Morgan fingerprint density at radius 2 is 1.34 bits per heavy atom. The fourth-order valence-electron chi connectivity index (χ4n) is 3.68. The molecular weight excluding hydrogens is 404 g/mol. The van der Waals surface area contributed by atoms with Crippen LogP contribution < -0.4 is 10.6 Å². The van der Waals surface area contributed by atoms with Crippen molar-refractivity contribution in [2.45, 2.75) is 39.7 Å². The van der Waals surface area contributed by atoms with Crippen molar-refractivity contribution >= 4 is 23.5 Å². The van der Waals surface area contributed by atoms with Gasteiger partial charge in [0.2, 0.25) is 0 Å². The summed E-state index contributed by atoms with van der Waals surface area (Å²) in [5.74, 6) is 0.251. The van der Waals surface area contributed by atoms with Gasteiger partial charge in [0.1, 0.15) is 0 Å². The molecule has 1 heterocycles. The molecule has 0 atom stereocenters. The average molecular weight is 437 g/mol. The van der Waals surface area contributed by atoms with Crippen LogP contribution in [0.2, 0.25) is 0 Å². The number of nitrogens with zero attached hydrogens (tertiary/aromatic N) is 2. The molecular formula is C25H32N4O3. The summed E-state index contributed by atoms with van der Waals surface area (Å²) >= 11 is 0. The number of carbonyl (C=O) groups is 3. The Kier molecular flexibility index (Phi) is 7.51. The summed E-state index contributed by atoms with van der Waals surface area (Å²) in [5.41, 5.74) is 2.78. The third-order valence-electron chi connectivity index (χ3n) is 5.50. The first-order valence-corrected chi connectivity index (χ1v) is 11.1. The van der Waals surface area contributed by atoms with Gasteiger partial charge in [-0.15, -0.1) is 0 Å². The van der Waals surface area contributed by atoms with E-state index in [-0.39, 0.29) is 23.9 Å². The van der Waals surface area contributed by atoms with Crippen LogP contribution in [0.25, 0.3) is 0 Å². The van der Waals surface area contributed by atoms with E-state index in [2.05, 4.69) is 24.5 Å². The van der Waals surface area contributed by atoms with Crippen LogP contribution in [0.3, 0.4) is 0 Å². The molecule has 170 valence electrons. The van der Waals surface area contributed by atoms with Gasteiger partial charge in [0, 0.05) is 37.8 Å². The number of hydrogen-bond donors (Lipinski definition) is 2. The number of nitrogens with one attached hydrogen (secondary N) is 2. The minimum atomic E-state index is -0.348. The van der Waals surface area contributed by atoms with Gasteiger partial charge < -0.3 is 20.4 Å². The van der Waals surface area contributed by atoms with Crippen LogP contribution in [0.5, 0.6) is 0 Å². The first kappa shape index (κ1) is 23.3. The van der Waals surface area contributed by atoms with Crippen molar-refractivity contribution in [3.05, 3.63) is 65.2 Å². The van der Waals surface area contributed by atoms with Gasteiger partial charge in [-0.1, -0.05) is 38.1 Å². The van der Waals surface area contributed by atoms with Crippen molar-refractivity contribution in [3.63, 3.8) is 0 Å². The lowest BCUT2D eigenvalue weighted by molar-refractivity contribution is 0.0536. The third-order valence-corrected chi connectivity index (χ3v) is 5.50. The molecule has 0 spiro atoms. The zero-order chi connectivity index (χ0) is 23.3. The Balaban J connectivity index is 1.62. The number of rotatable bonds is 5. The molecule has 2 N–H and O–H groups in total. The van der Waals surface area contributed by atoms with Crippen LogP contribution in [0.15, 0.2) is 48.5 Å². The minimum Gasteiger partial charge on any atom is -0.336 e. The molecule has 0 bridgehead atoms. The maximum atomic E-state index is 13.1. The zero-order valence-electron chi connectivity index (χ0n) is 19.2. The van der Waals surface area contributed by atoms with E-state index in [1.54, 1.807) is 34.1 Å². The quantitative estimate of drug-likeness (QED) is 0.745. The van der Waals surface area contributed by atoms with Crippen molar-refractivity contribution in [2.75, 3.05) is 31.5 Å². The van der Waals surface area contributed by atoms with Gasteiger partial charge in [-0.05, 0) is 49.6 Å². The Bertz CT molecular complexity index is 961. The monoisotopic (exact) mass is 436 g/mol. The van der Waals surface area contributed by atoms with Crippen molar-refractivity contribution in [1.82, 2.24) is 15.1 Å².